The molecule has 0 atom stereocenters. The van der Waals surface area contributed by atoms with Crippen LogP contribution in [0.2, 0.25) is 0 Å². The van der Waals surface area contributed by atoms with Crippen LogP contribution in [0.5, 0.6) is 0 Å². The summed E-state index contributed by atoms with van der Waals surface area (Å²) < 4.78 is 0. The first-order chi connectivity index (χ1) is 4.63. The third kappa shape index (κ3) is 6.44. The van der Waals surface area contributed by atoms with Gasteiger partial charge in [0, 0.05) is 6.08 Å². The van der Waals surface area contributed by atoms with E-state index < -0.39 is 5.97 Å². The van der Waals surface area contributed by atoms with Crippen LogP contribution in [0.4, 0.5) is 0 Å². The SMILES string of the molecule is CC(=O)C=C=C=CC(=O)O. The number of carboxylic acid groups (broad SMARTS) is 1. The lowest BCUT2D eigenvalue weighted by Crippen LogP contribution is -1.83. The lowest BCUT2D eigenvalue weighted by Gasteiger charge is -1.67. The molecule has 0 aliphatic heterocycles. The molecule has 0 unspecified atom stereocenters. The Hall–Kier alpha value is -1.56. The number of carbonyl (C=O) groups excluding carboxylic acids is 1. The van der Waals surface area contributed by atoms with Gasteiger partial charge in [-0.25, -0.2) is 4.79 Å². The van der Waals surface area contributed by atoms with Gasteiger partial charge in [0.15, 0.2) is 5.78 Å². The molecule has 0 aliphatic rings. The van der Waals surface area contributed by atoms with Gasteiger partial charge in [-0.1, -0.05) is 11.5 Å². The summed E-state index contributed by atoms with van der Waals surface area (Å²) in [5.41, 5.74) is 4.42. The molecular weight excluding hydrogens is 132 g/mol. The van der Waals surface area contributed by atoms with E-state index in [1.807, 2.05) is 0 Å². The predicted octanol–water partition coefficient (Wildman–Crippen LogP) is 0.526. The molecule has 3 nitrogen and oxygen atoms in total. The van der Waals surface area contributed by atoms with Crippen molar-refractivity contribution in [2.45, 2.75) is 6.92 Å². The van der Waals surface area contributed by atoms with E-state index in [0.29, 0.717) is 0 Å². The van der Waals surface area contributed by atoms with E-state index in [-0.39, 0.29) is 5.78 Å². The van der Waals surface area contributed by atoms with Gasteiger partial charge in [0.2, 0.25) is 0 Å². The van der Waals surface area contributed by atoms with Crippen molar-refractivity contribution in [1.29, 1.82) is 0 Å². The summed E-state index contributed by atoms with van der Waals surface area (Å²) in [6.45, 7) is 1.34. The molecule has 0 bridgehead atoms. The van der Waals surface area contributed by atoms with Gasteiger partial charge in [-0.05, 0) is 6.92 Å². The highest BCUT2D eigenvalue weighted by atomic mass is 16.4. The van der Waals surface area contributed by atoms with Crippen LogP contribution in [0.3, 0.4) is 0 Å². The summed E-state index contributed by atoms with van der Waals surface area (Å²) >= 11 is 0. The third-order valence-electron chi connectivity index (χ3n) is 0.554. The lowest BCUT2D eigenvalue weighted by atomic mass is 10.4. The second-order valence-corrected chi connectivity index (χ2v) is 1.53. The van der Waals surface area contributed by atoms with Crippen LogP contribution in [-0.2, 0) is 9.59 Å². The van der Waals surface area contributed by atoms with Gasteiger partial charge < -0.3 is 5.11 Å². The molecular formula is C7H6O3. The van der Waals surface area contributed by atoms with Gasteiger partial charge in [0.1, 0.15) is 0 Å². The molecule has 0 aliphatic carbocycles. The average Bonchev–Trinajstić information content (AvgIpc) is 1.79. The van der Waals surface area contributed by atoms with Crippen LogP contribution in [0, 0.1) is 0 Å². The van der Waals surface area contributed by atoms with Gasteiger partial charge in [-0.3, -0.25) is 4.79 Å². The van der Waals surface area contributed by atoms with Gasteiger partial charge >= 0.3 is 5.97 Å². The highest BCUT2D eigenvalue weighted by Crippen LogP contribution is 1.69. The van der Waals surface area contributed by atoms with E-state index >= 15 is 0 Å². The fourth-order valence-corrected chi connectivity index (χ4v) is 0.247. The maximum atomic E-state index is 10.2. The second kappa shape index (κ2) is 4.33. The number of rotatable bonds is 2. The Morgan fingerprint density at radius 2 is 1.80 bits per heavy atom. The van der Waals surface area contributed by atoms with Crippen molar-refractivity contribution >= 4 is 11.8 Å². The Balaban J connectivity index is 4.23. The molecule has 3 heteroatoms. The van der Waals surface area contributed by atoms with E-state index in [9.17, 15) is 9.59 Å². The van der Waals surface area contributed by atoms with Crippen molar-refractivity contribution < 1.29 is 14.7 Å². The number of ketones is 1. The van der Waals surface area contributed by atoms with Crippen LogP contribution >= 0.6 is 0 Å². The van der Waals surface area contributed by atoms with Crippen molar-refractivity contribution in [2.24, 2.45) is 0 Å². The molecule has 52 valence electrons. The van der Waals surface area contributed by atoms with Gasteiger partial charge in [-0.15, -0.1) is 0 Å². The van der Waals surface area contributed by atoms with Gasteiger partial charge in [0.25, 0.3) is 0 Å². The first-order valence-corrected chi connectivity index (χ1v) is 2.54. The molecule has 10 heavy (non-hydrogen) atoms. The van der Waals surface area contributed by atoms with Crippen molar-refractivity contribution in [1.82, 2.24) is 0 Å². The standard InChI is InChI=1S/C7H6O3/c1-6(8)4-2-3-5-7(9)10/h4-5H,1H3,(H,9,10). The zero-order valence-corrected chi connectivity index (χ0v) is 5.42. The molecule has 1 N–H and O–H groups in total. The van der Waals surface area contributed by atoms with Crippen molar-refractivity contribution in [3.8, 4) is 0 Å². The Morgan fingerprint density at radius 3 is 2.20 bits per heavy atom. The molecule has 0 aromatic carbocycles. The van der Waals surface area contributed by atoms with Crippen LogP contribution < -0.4 is 0 Å². The van der Waals surface area contributed by atoms with E-state index in [1.54, 1.807) is 0 Å². The highest BCUT2D eigenvalue weighted by Gasteiger charge is 1.79. The molecule has 0 aromatic rings. The minimum absolute atomic E-state index is 0.189. The largest absolute Gasteiger partial charge is 0.478 e. The van der Waals surface area contributed by atoms with Crippen LogP contribution in [0.15, 0.2) is 23.6 Å². The minimum Gasteiger partial charge on any atom is -0.478 e. The van der Waals surface area contributed by atoms with E-state index in [2.05, 4.69) is 11.5 Å². The average molecular weight is 138 g/mol. The van der Waals surface area contributed by atoms with Crippen molar-refractivity contribution in [3.05, 3.63) is 23.6 Å². The van der Waals surface area contributed by atoms with E-state index in [4.69, 9.17) is 5.11 Å². The Labute approximate surface area is 58.0 Å². The smallest absolute Gasteiger partial charge is 0.336 e. The topological polar surface area (TPSA) is 54.4 Å². The van der Waals surface area contributed by atoms with Crippen LogP contribution in [0.1, 0.15) is 6.92 Å². The quantitative estimate of drug-likeness (QED) is 0.447. The molecule has 0 aromatic heterocycles. The molecule has 0 rings (SSSR count). The Kier molecular flexibility index (Phi) is 3.66. The molecule has 0 fully saturated rings. The maximum Gasteiger partial charge on any atom is 0.336 e. The minimum atomic E-state index is -1.11. The van der Waals surface area contributed by atoms with Gasteiger partial charge in [-0.2, -0.15) is 0 Å². The molecule has 0 saturated carbocycles. The fraction of sp³-hybridized carbons (Fsp3) is 0.143. The lowest BCUT2D eigenvalue weighted by molar-refractivity contribution is -0.131. The van der Waals surface area contributed by atoms with E-state index in [0.717, 1.165) is 12.2 Å². The zero-order valence-electron chi connectivity index (χ0n) is 5.42. The fourth-order valence-electron chi connectivity index (χ4n) is 0.247. The summed E-state index contributed by atoms with van der Waals surface area (Å²) in [6.07, 6.45) is 1.89. The molecule has 0 amide bonds. The predicted molar refractivity (Wildman–Crippen MR) is 34.5 cm³/mol. The Bertz CT molecular complexity index is 212. The summed E-state index contributed by atoms with van der Waals surface area (Å²) in [4.78, 5) is 20.0. The summed E-state index contributed by atoms with van der Waals surface area (Å²) in [6, 6.07) is 0. The van der Waals surface area contributed by atoms with Crippen LogP contribution in [0.25, 0.3) is 0 Å². The maximum absolute atomic E-state index is 10.2. The first-order valence-electron chi connectivity index (χ1n) is 2.54. The van der Waals surface area contributed by atoms with Gasteiger partial charge in [0.05, 0.1) is 6.08 Å². The van der Waals surface area contributed by atoms with Crippen molar-refractivity contribution in [3.63, 3.8) is 0 Å². The Morgan fingerprint density at radius 1 is 1.30 bits per heavy atom. The highest BCUT2D eigenvalue weighted by molar-refractivity contribution is 5.87. The number of hydrogen-bond donors (Lipinski definition) is 1. The number of carbonyl (C=O) groups is 2. The second-order valence-electron chi connectivity index (χ2n) is 1.53. The van der Waals surface area contributed by atoms with Crippen molar-refractivity contribution in [2.75, 3.05) is 0 Å². The third-order valence-corrected chi connectivity index (χ3v) is 0.554. The molecule has 0 radical (unpaired) electrons. The number of hydrogen-bond acceptors (Lipinski definition) is 2. The number of carboxylic acids is 1. The first kappa shape index (κ1) is 8.44. The molecule has 0 spiro atoms. The number of allylic oxidation sites excluding steroid dienone is 1. The monoisotopic (exact) mass is 138 g/mol. The zero-order chi connectivity index (χ0) is 7.98. The summed E-state index contributed by atoms with van der Waals surface area (Å²) in [5.74, 6) is -1.30. The summed E-state index contributed by atoms with van der Waals surface area (Å²) in [7, 11) is 0. The molecule has 0 heterocycles. The van der Waals surface area contributed by atoms with Crippen LogP contribution in [-0.4, -0.2) is 16.9 Å². The number of aliphatic carboxylic acids is 1. The molecule has 0 saturated heterocycles. The summed E-state index contributed by atoms with van der Waals surface area (Å²) in [5, 5.41) is 8.02. The normalized spacial score (nSPS) is 6.90. The van der Waals surface area contributed by atoms with E-state index in [1.165, 1.54) is 6.92 Å².